The Morgan fingerprint density at radius 2 is 1.87 bits per heavy atom. The number of hydrazine groups is 1. The van der Waals surface area contributed by atoms with E-state index in [0.29, 0.717) is 24.1 Å². The van der Waals surface area contributed by atoms with E-state index in [4.69, 9.17) is 9.72 Å². The van der Waals surface area contributed by atoms with Crippen molar-refractivity contribution < 1.29 is 9.53 Å². The molecule has 5 fully saturated rings. The Labute approximate surface area is 226 Å². The minimum atomic E-state index is 0.158. The maximum absolute atomic E-state index is 13.0. The largest absolute Gasteiger partial charge is 0.490 e. The first-order chi connectivity index (χ1) is 18.5. The summed E-state index contributed by atoms with van der Waals surface area (Å²) < 4.78 is 6.38. The molecule has 0 bridgehead atoms. The van der Waals surface area contributed by atoms with Crippen LogP contribution in [0.15, 0.2) is 30.5 Å². The van der Waals surface area contributed by atoms with Gasteiger partial charge in [0.2, 0.25) is 0 Å². The van der Waals surface area contributed by atoms with E-state index in [2.05, 4.69) is 64.7 Å². The second-order valence-corrected chi connectivity index (χ2v) is 12.8. The first-order valence-electron chi connectivity index (χ1n) is 15.1. The molecule has 7 nitrogen and oxygen atoms in total. The van der Waals surface area contributed by atoms with Gasteiger partial charge in [0.05, 0.1) is 17.7 Å². The molecule has 2 aliphatic carbocycles. The van der Waals surface area contributed by atoms with Gasteiger partial charge in [-0.15, -0.1) is 0 Å². The fourth-order valence-corrected chi connectivity index (χ4v) is 8.39. The van der Waals surface area contributed by atoms with Crippen LogP contribution in [0, 0.1) is 11.3 Å². The van der Waals surface area contributed by atoms with Crippen LogP contribution in [-0.2, 0) is 0 Å². The highest BCUT2D eigenvalue weighted by Gasteiger charge is 2.60. The lowest BCUT2D eigenvalue weighted by Gasteiger charge is -2.34. The van der Waals surface area contributed by atoms with Crippen molar-refractivity contribution >= 4 is 16.9 Å². The van der Waals surface area contributed by atoms with E-state index in [1.165, 1.54) is 50.5 Å². The lowest BCUT2D eigenvalue weighted by Crippen LogP contribution is -2.48. The summed E-state index contributed by atoms with van der Waals surface area (Å²) >= 11 is 0. The number of hydrogen-bond acceptors (Lipinski definition) is 5. The summed E-state index contributed by atoms with van der Waals surface area (Å²) in [5.74, 6) is 1.43. The average Bonchev–Trinajstić information content (AvgIpc) is 3.57. The minimum Gasteiger partial charge on any atom is -0.490 e. The molecule has 2 saturated carbocycles. The topological polar surface area (TPSA) is 60.9 Å². The van der Waals surface area contributed by atoms with Gasteiger partial charge in [0.15, 0.2) is 0 Å². The number of urea groups is 1. The number of rotatable bonds is 4. The van der Waals surface area contributed by atoms with Crippen LogP contribution in [0.3, 0.4) is 0 Å². The van der Waals surface area contributed by atoms with E-state index in [1.807, 2.05) is 0 Å². The highest BCUT2D eigenvalue weighted by molar-refractivity contribution is 5.80. The second kappa shape index (κ2) is 9.67. The predicted molar refractivity (Wildman–Crippen MR) is 149 cm³/mol. The Morgan fingerprint density at radius 1 is 1.05 bits per heavy atom. The SMILES string of the molecule is CC1C(c2cnc3ccc(OC4CCCCC4)cc3c2)N(C)N2CCC3(CCN(C(=O)NC4CCC4)C3)C12. The van der Waals surface area contributed by atoms with E-state index in [0.717, 1.165) is 55.5 Å². The van der Waals surface area contributed by atoms with Gasteiger partial charge in [-0.1, -0.05) is 13.3 Å². The highest BCUT2D eigenvalue weighted by atomic mass is 16.5. The Kier molecular flexibility index (Phi) is 6.27. The summed E-state index contributed by atoms with van der Waals surface area (Å²) in [6.45, 7) is 5.25. The number of nitrogens with zero attached hydrogens (tertiary/aromatic N) is 4. The molecule has 38 heavy (non-hydrogen) atoms. The van der Waals surface area contributed by atoms with Crippen LogP contribution in [0.4, 0.5) is 4.79 Å². The number of aromatic nitrogens is 1. The van der Waals surface area contributed by atoms with Crippen molar-refractivity contribution in [2.45, 2.75) is 95.4 Å². The first kappa shape index (κ1) is 24.6. The average molecular weight is 518 g/mol. The maximum atomic E-state index is 13.0. The van der Waals surface area contributed by atoms with Crippen molar-refractivity contribution in [3.63, 3.8) is 0 Å². The van der Waals surface area contributed by atoms with Crippen molar-refractivity contribution in [3.05, 3.63) is 36.0 Å². The molecule has 4 heterocycles. The summed E-state index contributed by atoms with van der Waals surface area (Å²) in [6, 6.07) is 10.0. The molecule has 4 atom stereocenters. The van der Waals surface area contributed by atoms with E-state index < -0.39 is 0 Å². The number of carbonyl (C=O) groups excluding carboxylic acids is 1. The molecule has 0 radical (unpaired) electrons. The van der Waals surface area contributed by atoms with E-state index in [-0.39, 0.29) is 17.5 Å². The minimum absolute atomic E-state index is 0.158. The van der Waals surface area contributed by atoms with Crippen molar-refractivity contribution in [1.82, 2.24) is 25.2 Å². The molecule has 1 N–H and O–H groups in total. The molecule has 1 aromatic carbocycles. The monoisotopic (exact) mass is 517 g/mol. The Morgan fingerprint density at radius 3 is 2.66 bits per heavy atom. The summed E-state index contributed by atoms with van der Waals surface area (Å²) in [7, 11) is 2.25. The number of pyridine rings is 1. The summed E-state index contributed by atoms with van der Waals surface area (Å²) in [5, 5.41) is 9.52. The second-order valence-electron chi connectivity index (χ2n) is 12.8. The molecule has 1 spiro atoms. The van der Waals surface area contributed by atoms with Crippen molar-refractivity contribution in [2.24, 2.45) is 11.3 Å². The van der Waals surface area contributed by atoms with Gasteiger partial charge in [-0.2, -0.15) is 0 Å². The smallest absolute Gasteiger partial charge is 0.317 e. The van der Waals surface area contributed by atoms with Crippen molar-refractivity contribution in [3.8, 4) is 5.75 Å². The molecule has 204 valence electrons. The number of carbonyl (C=O) groups is 1. The van der Waals surface area contributed by atoms with Gasteiger partial charge in [-0.05, 0) is 93.5 Å². The molecular formula is C31H43N5O2. The third-order valence-electron chi connectivity index (χ3n) is 10.6. The summed E-state index contributed by atoms with van der Waals surface area (Å²) in [4.78, 5) is 19.9. The van der Waals surface area contributed by atoms with Gasteiger partial charge in [0.25, 0.3) is 0 Å². The number of ether oxygens (including phenoxy) is 1. The van der Waals surface area contributed by atoms with Crippen LogP contribution >= 0.6 is 0 Å². The lowest BCUT2D eigenvalue weighted by atomic mass is 9.73. The van der Waals surface area contributed by atoms with Gasteiger partial charge in [-0.25, -0.2) is 14.8 Å². The first-order valence-corrected chi connectivity index (χ1v) is 15.1. The Bertz CT molecular complexity index is 1190. The van der Waals surface area contributed by atoms with Gasteiger partial charge >= 0.3 is 6.03 Å². The van der Waals surface area contributed by atoms with Gasteiger partial charge in [-0.3, -0.25) is 4.98 Å². The zero-order chi connectivity index (χ0) is 25.9. The lowest BCUT2D eigenvalue weighted by molar-refractivity contribution is 0.00991. The highest BCUT2D eigenvalue weighted by Crippen LogP contribution is 2.55. The molecule has 5 aliphatic rings. The molecule has 3 saturated heterocycles. The van der Waals surface area contributed by atoms with Gasteiger partial charge < -0.3 is 15.0 Å². The molecular weight excluding hydrogens is 474 g/mol. The van der Waals surface area contributed by atoms with Crippen LogP contribution in [0.5, 0.6) is 5.75 Å². The summed E-state index contributed by atoms with van der Waals surface area (Å²) in [6.07, 6.45) is 14.5. The molecule has 4 unspecified atom stereocenters. The maximum Gasteiger partial charge on any atom is 0.317 e. The molecule has 2 amide bonds. The van der Waals surface area contributed by atoms with Crippen LogP contribution in [0.2, 0.25) is 0 Å². The third kappa shape index (κ3) is 4.17. The number of nitrogens with one attached hydrogen (secondary N) is 1. The van der Waals surface area contributed by atoms with E-state index in [1.54, 1.807) is 0 Å². The number of likely N-dealkylation sites (tertiary alicyclic amines) is 1. The number of benzene rings is 1. The predicted octanol–water partition coefficient (Wildman–Crippen LogP) is 5.51. The molecule has 3 aliphatic heterocycles. The standard InChI is InChI=1S/C31H43N5O2/c1-21-28(23-17-22-18-26(11-12-27(22)32-19-23)38-25-9-4-3-5-10-25)34(2)36-16-14-31(29(21)36)13-15-35(20-31)30(37)33-24-7-6-8-24/h11-12,17-19,21,24-25,28-29H,3-10,13-16,20H2,1-2H3,(H,33,37). The molecule has 7 rings (SSSR count). The van der Waals surface area contributed by atoms with E-state index >= 15 is 0 Å². The van der Waals surface area contributed by atoms with Crippen LogP contribution < -0.4 is 10.1 Å². The van der Waals surface area contributed by atoms with Crippen LogP contribution in [-0.4, -0.2) is 70.8 Å². The number of hydrogen-bond donors (Lipinski definition) is 1. The molecule has 1 aromatic heterocycles. The van der Waals surface area contributed by atoms with Crippen molar-refractivity contribution in [1.29, 1.82) is 0 Å². The third-order valence-corrected chi connectivity index (χ3v) is 10.6. The zero-order valence-corrected chi connectivity index (χ0v) is 23.1. The van der Waals surface area contributed by atoms with Crippen LogP contribution in [0.25, 0.3) is 10.9 Å². The quantitative estimate of drug-likeness (QED) is 0.579. The molecule has 2 aromatic rings. The van der Waals surface area contributed by atoms with Crippen molar-refractivity contribution in [2.75, 3.05) is 26.7 Å². The van der Waals surface area contributed by atoms with Crippen LogP contribution in [0.1, 0.15) is 82.7 Å². The Balaban J connectivity index is 1.10. The zero-order valence-electron chi connectivity index (χ0n) is 23.1. The number of fused-ring (bicyclic) bond motifs is 3. The van der Waals surface area contributed by atoms with E-state index in [9.17, 15) is 4.79 Å². The fraction of sp³-hybridized carbons (Fsp3) is 0.677. The van der Waals surface area contributed by atoms with Gasteiger partial charge in [0, 0.05) is 55.8 Å². The molecule has 7 heteroatoms. The normalized spacial score (nSPS) is 32.7. The summed E-state index contributed by atoms with van der Waals surface area (Å²) in [5.41, 5.74) is 2.49. The van der Waals surface area contributed by atoms with Gasteiger partial charge in [0.1, 0.15) is 5.75 Å². The number of amides is 2. The fourth-order valence-electron chi connectivity index (χ4n) is 8.39. The Hall–Kier alpha value is -2.38.